The maximum Gasteiger partial charge on any atom is 0.417 e. The summed E-state index contributed by atoms with van der Waals surface area (Å²) in [4.78, 5) is 15.1. The predicted octanol–water partition coefficient (Wildman–Crippen LogP) is 6.42. The topological polar surface area (TPSA) is 70.2 Å². The van der Waals surface area contributed by atoms with Gasteiger partial charge in [0.15, 0.2) is 0 Å². The van der Waals surface area contributed by atoms with Crippen LogP contribution in [0.2, 0.25) is 5.02 Å². The lowest BCUT2D eigenvalue weighted by Crippen LogP contribution is -2.61. The Bertz CT molecular complexity index is 1750. The maximum absolute atomic E-state index is 14.0. The van der Waals surface area contributed by atoms with E-state index in [1.165, 1.54) is 37.5 Å². The van der Waals surface area contributed by atoms with Crippen LogP contribution in [0, 0.1) is 0 Å². The third kappa shape index (κ3) is 6.77. The number of esters is 1. The van der Waals surface area contributed by atoms with E-state index in [2.05, 4.69) is 0 Å². The van der Waals surface area contributed by atoms with Crippen molar-refractivity contribution in [2.24, 2.45) is 0 Å². The first-order valence-electron chi connectivity index (χ1n) is 13.5. The van der Waals surface area contributed by atoms with Crippen LogP contribution in [0.1, 0.15) is 22.3 Å². The molecule has 3 aromatic carbocycles. The van der Waals surface area contributed by atoms with Gasteiger partial charge in [0, 0.05) is 30.2 Å². The van der Waals surface area contributed by atoms with Crippen LogP contribution >= 0.6 is 11.6 Å². The number of halogens is 7. The van der Waals surface area contributed by atoms with E-state index in [4.69, 9.17) is 16.3 Å². The van der Waals surface area contributed by atoms with E-state index < -0.39 is 50.4 Å². The Morgan fingerprint density at radius 2 is 1.67 bits per heavy atom. The summed E-state index contributed by atoms with van der Waals surface area (Å²) in [5.41, 5.74) is -1.44. The SMILES string of the molecule is COC(=O)CN1CCN2c3ccc(/C=C/c4c(Cl)cccc4C(F)(F)F)cc3N(S(=O)(=O)c3cccc(C(F)(F)F)c3)C[C@@H]2C1. The minimum absolute atomic E-state index is 0.0280. The molecule has 0 unspecified atom stereocenters. The van der Waals surface area contributed by atoms with Gasteiger partial charge in [-0.1, -0.05) is 42.0 Å². The van der Waals surface area contributed by atoms with Crippen LogP contribution < -0.4 is 9.21 Å². The lowest BCUT2D eigenvalue weighted by atomic mass is 10.0. The first kappa shape index (κ1) is 32.6. The van der Waals surface area contributed by atoms with Crippen LogP contribution in [-0.4, -0.2) is 65.2 Å². The van der Waals surface area contributed by atoms with E-state index in [0.717, 1.165) is 28.6 Å². The summed E-state index contributed by atoms with van der Waals surface area (Å²) >= 11 is 6.08. The van der Waals surface area contributed by atoms with Crippen LogP contribution in [0.5, 0.6) is 0 Å². The molecular weight excluding hydrogens is 648 g/mol. The van der Waals surface area contributed by atoms with Gasteiger partial charge in [-0.15, -0.1) is 0 Å². The summed E-state index contributed by atoms with van der Waals surface area (Å²) < 4.78 is 115. The number of carbonyl (C=O) groups is 1. The number of hydrogen-bond donors (Lipinski definition) is 0. The number of ether oxygens (including phenoxy) is 1. The summed E-state index contributed by atoms with van der Waals surface area (Å²) in [7, 11) is -3.32. The molecule has 2 aliphatic heterocycles. The van der Waals surface area contributed by atoms with E-state index in [1.807, 2.05) is 4.90 Å². The van der Waals surface area contributed by atoms with E-state index >= 15 is 0 Å². The summed E-state index contributed by atoms with van der Waals surface area (Å²) in [5.74, 6) is -0.475. The highest BCUT2D eigenvalue weighted by Crippen LogP contribution is 2.42. The van der Waals surface area contributed by atoms with Crippen LogP contribution in [0.3, 0.4) is 0 Å². The molecule has 0 aromatic heterocycles. The van der Waals surface area contributed by atoms with E-state index in [-0.39, 0.29) is 35.9 Å². The number of rotatable bonds is 6. The number of hydrogen-bond acceptors (Lipinski definition) is 6. The summed E-state index contributed by atoms with van der Waals surface area (Å²) in [6.07, 6.45) is -6.94. The number of nitrogens with zero attached hydrogens (tertiary/aromatic N) is 3. The summed E-state index contributed by atoms with van der Waals surface area (Å²) in [6.45, 7) is 0.909. The van der Waals surface area contributed by atoms with Gasteiger partial charge in [0.1, 0.15) is 0 Å². The average Bonchev–Trinajstić information content (AvgIpc) is 2.98. The number of alkyl halides is 6. The van der Waals surface area contributed by atoms with Gasteiger partial charge >= 0.3 is 18.3 Å². The fraction of sp³-hybridized carbons (Fsp3) is 0.300. The molecule has 0 N–H and O–H groups in total. The molecule has 2 aliphatic rings. The fourth-order valence-corrected chi connectivity index (χ4v) is 7.27. The average molecular weight is 674 g/mol. The number of anilines is 2. The smallest absolute Gasteiger partial charge is 0.417 e. The number of benzene rings is 3. The zero-order chi connectivity index (χ0) is 32.7. The normalized spacial score (nSPS) is 17.7. The molecule has 7 nitrogen and oxygen atoms in total. The van der Waals surface area contributed by atoms with E-state index in [0.29, 0.717) is 30.4 Å². The first-order valence-corrected chi connectivity index (χ1v) is 15.3. The summed E-state index contributed by atoms with van der Waals surface area (Å²) in [6, 6.07) is 11.0. The van der Waals surface area contributed by atoms with Crippen molar-refractivity contribution in [2.45, 2.75) is 23.3 Å². The molecular formula is C30H26ClF6N3O4S. The molecule has 5 rings (SSSR count). The van der Waals surface area contributed by atoms with Gasteiger partial charge in [-0.05, 0) is 48.0 Å². The van der Waals surface area contributed by atoms with Crippen LogP contribution in [0.15, 0.2) is 65.6 Å². The van der Waals surface area contributed by atoms with Crippen molar-refractivity contribution in [3.63, 3.8) is 0 Å². The Kier molecular flexibility index (Phi) is 8.86. The number of piperazine rings is 1. The molecule has 0 saturated carbocycles. The van der Waals surface area contributed by atoms with Gasteiger partial charge in [-0.25, -0.2) is 8.42 Å². The number of carbonyl (C=O) groups excluding carboxylic acids is 1. The van der Waals surface area contributed by atoms with Gasteiger partial charge < -0.3 is 9.64 Å². The van der Waals surface area contributed by atoms with Gasteiger partial charge in [0.25, 0.3) is 10.0 Å². The molecule has 0 amide bonds. The Morgan fingerprint density at radius 1 is 0.933 bits per heavy atom. The highest BCUT2D eigenvalue weighted by molar-refractivity contribution is 7.92. The molecule has 15 heteroatoms. The molecule has 1 fully saturated rings. The van der Waals surface area contributed by atoms with Crippen molar-refractivity contribution in [1.82, 2.24) is 4.90 Å². The van der Waals surface area contributed by atoms with Crippen LogP contribution in [0.25, 0.3) is 12.2 Å². The third-order valence-electron chi connectivity index (χ3n) is 7.65. The molecule has 0 radical (unpaired) electrons. The Morgan fingerprint density at radius 3 is 2.36 bits per heavy atom. The second kappa shape index (κ2) is 12.2. The Balaban J connectivity index is 1.58. The highest BCUT2D eigenvalue weighted by Gasteiger charge is 2.41. The number of sulfonamides is 1. The largest absolute Gasteiger partial charge is 0.468 e. The molecule has 2 heterocycles. The molecule has 0 bridgehead atoms. The molecule has 1 saturated heterocycles. The van der Waals surface area contributed by atoms with Crippen LogP contribution in [-0.2, 0) is 31.9 Å². The molecule has 0 aliphatic carbocycles. The van der Waals surface area contributed by atoms with Gasteiger partial charge in [-0.2, -0.15) is 26.3 Å². The zero-order valence-electron chi connectivity index (χ0n) is 23.6. The van der Waals surface area contributed by atoms with E-state index in [9.17, 15) is 39.6 Å². The minimum Gasteiger partial charge on any atom is -0.468 e. The van der Waals surface area contributed by atoms with Gasteiger partial charge in [0.05, 0.1) is 53.6 Å². The quantitative estimate of drug-likeness (QED) is 0.171. The van der Waals surface area contributed by atoms with Gasteiger partial charge in [-0.3, -0.25) is 14.0 Å². The second-order valence-corrected chi connectivity index (χ2v) is 12.8. The lowest BCUT2D eigenvalue weighted by Gasteiger charge is -2.49. The minimum atomic E-state index is -4.79. The zero-order valence-corrected chi connectivity index (χ0v) is 25.1. The number of fused-ring (bicyclic) bond motifs is 3. The van der Waals surface area contributed by atoms with Crippen molar-refractivity contribution in [3.05, 3.63) is 87.9 Å². The fourth-order valence-electron chi connectivity index (χ4n) is 5.48. The standard InChI is InChI=1S/C30H26ClF6N3O4S/c1-44-28(41)18-38-12-13-39-21(16-38)17-40(45(42,43)22-5-2-4-20(15-22)29(32,33)34)27-14-19(9-11-26(27)39)8-10-23-24(30(35,36)37)6-3-7-25(23)31/h2-11,14-15,21H,12-13,16-18H2,1H3/b10-8+/t21-/m0/s1. The first-order chi connectivity index (χ1) is 21.1. The lowest BCUT2D eigenvalue weighted by molar-refractivity contribution is -0.142. The molecule has 3 aromatic rings. The number of methoxy groups -OCH3 is 1. The van der Waals surface area contributed by atoms with E-state index in [1.54, 1.807) is 17.0 Å². The Labute approximate surface area is 260 Å². The molecule has 0 spiro atoms. The monoisotopic (exact) mass is 673 g/mol. The highest BCUT2D eigenvalue weighted by atomic mass is 35.5. The molecule has 1 atom stereocenters. The predicted molar refractivity (Wildman–Crippen MR) is 157 cm³/mol. The molecule has 45 heavy (non-hydrogen) atoms. The van der Waals surface area contributed by atoms with Crippen molar-refractivity contribution >= 4 is 51.1 Å². The van der Waals surface area contributed by atoms with Crippen molar-refractivity contribution < 1.29 is 44.3 Å². The van der Waals surface area contributed by atoms with Crippen LogP contribution in [0.4, 0.5) is 37.7 Å². The van der Waals surface area contributed by atoms with Crippen molar-refractivity contribution in [3.8, 4) is 0 Å². The second-order valence-electron chi connectivity index (χ2n) is 10.5. The molecule has 240 valence electrons. The Hall–Kier alpha value is -3.75. The van der Waals surface area contributed by atoms with Gasteiger partial charge in [0.2, 0.25) is 0 Å². The van der Waals surface area contributed by atoms with Crippen molar-refractivity contribution in [1.29, 1.82) is 0 Å². The summed E-state index contributed by atoms with van der Waals surface area (Å²) in [5, 5.41) is -0.138. The third-order valence-corrected chi connectivity index (χ3v) is 9.76. The van der Waals surface area contributed by atoms with Crippen molar-refractivity contribution in [2.75, 3.05) is 49.0 Å². The maximum atomic E-state index is 14.0.